The number of rotatable bonds is 4. The molecule has 1 aromatic heterocycles. The number of nitriles is 1. The van der Waals surface area contributed by atoms with E-state index in [1.807, 2.05) is 0 Å². The van der Waals surface area contributed by atoms with E-state index in [2.05, 4.69) is 36.4 Å². The lowest BCUT2D eigenvalue weighted by Gasteiger charge is -2.10. The summed E-state index contributed by atoms with van der Waals surface area (Å²) in [5, 5.41) is 12.9. The minimum absolute atomic E-state index is 0.0461. The molecule has 2 aromatic carbocycles. The van der Waals surface area contributed by atoms with Gasteiger partial charge in [-0.2, -0.15) is 23.5 Å². The van der Waals surface area contributed by atoms with Crippen LogP contribution in [0.25, 0.3) is 11.3 Å². The van der Waals surface area contributed by atoms with Gasteiger partial charge in [-0.15, -0.1) is 0 Å². The highest BCUT2D eigenvalue weighted by atomic mass is 79.9. The van der Waals surface area contributed by atoms with E-state index in [4.69, 9.17) is 0 Å². The van der Waals surface area contributed by atoms with Crippen LogP contribution >= 0.6 is 15.9 Å². The van der Waals surface area contributed by atoms with Crippen LogP contribution < -0.4 is 11.0 Å². The first-order valence-corrected chi connectivity index (χ1v) is 8.95. The van der Waals surface area contributed by atoms with E-state index in [0.717, 1.165) is 12.3 Å². The third kappa shape index (κ3) is 4.38. The van der Waals surface area contributed by atoms with Crippen LogP contribution in [0.2, 0.25) is 0 Å². The first kappa shape index (κ1) is 21.2. The molecule has 0 unspecified atom stereocenters. The quantitative estimate of drug-likeness (QED) is 0.322. The lowest BCUT2D eigenvalue weighted by atomic mass is 10.1. The lowest BCUT2D eigenvalue weighted by molar-refractivity contribution is -0.140. The molecule has 0 aliphatic carbocycles. The molecular weight excluding hydrogens is 470 g/mol. The summed E-state index contributed by atoms with van der Waals surface area (Å²) in [6.07, 6.45) is -4.06. The molecule has 0 aliphatic heterocycles. The average molecular weight is 480 g/mol. The number of hydrazone groups is 1. The molecule has 0 atom stereocenters. The summed E-state index contributed by atoms with van der Waals surface area (Å²) < 4.78 is 52.9. The molecule has 30 heavy (non-hydrogen) atoms. The average Bonchev–Trinajstić information content (AvgIpc) is 2.69. The second-order valence-electron chi connectivity index (χ2n) is 5.81. The van der Waals surface area contributed by atoms with Crippen LogP contribution in [0, 0.1) is 17.1 Å². The molecule has 6 nitrogen and oxygen atoms in total. The minimum atomic E-state index is -4.87. The maximum Gasteiger partial charge on any atom is 0.419 e. The van der Waals surface area contributed by atoms with Crippen molar-refractivity contribution in [2.45, 2.75) is 6.18 Å². The summed E-state index contributed by atoms with van der Waals surface area (Å²) in [6.45, 7) is 0. The second kappa shape index (κ2) is 8.46. The van der Waals surface area contributed by atoms with Crippen molar-refractivity contribution >= 4 is 28.1 Å². The van der Waals surface area contributed by atoms with E-state index in [1.165, 1.54) is 0 Å². The van der Waals surface area contributed by atoms with Crippen molar-refractivity contribution in [2.75, 3.05) is 5.43 Å². The van der Waals surface area contributed by atoms with Gasteiger partial charge in [0.2, 0.25) is 5.95 Å². The van der Waals surface area contributed by atoms with E-state index in [0.29, 0.717) is 11.6 Å². The number of halogens is 5. The molecule has 152 valence electrons. The number of nitrogens with one attached hydrogen (secondary N) is 2. The zero-order valence-corrected chi connectivity index (χ0v) is 16.3. The molecule has 11 heteroatoms. The molecular formula is C19H10BrF4N5O. The van der Waals surface area contributed by atoms with E-state index >= 15 is 0 Å². The Balaban J connectivity index is 1.96. The van der Waals surface area contributed by atoms with Gasteiger partial charge in [-0.05, 0) is 12.1 Å². The highest BCUT2D eigenvalue weighted by molar-refractivity contribution is 9.10. The van der Waals surface area contributed by atoms with Crippen molar-refractivity contribution in [1.82, 2.24) is 9.97 Å². The molecule has 3 aromatic rings. The summed E-state index contributed by atoms with van der Waals surface area (Å²) in [5.74, 6) is -1.69. The summed E-state index contributed by atoms with van der Waals surface area (Å²) >= 11 is 2.97. The number of hydrogen-bond donors (Lipinski definition) is 2. The Morgan fingerprint density at radius 3 is 2.53 bits per heavy atom. The van der Waals surface area contributed by atoms with Gasteiger partial charge in [0.05, 0.1) is 17.5 Å². The van der Waals surface area contributed by atoms with Crippen LogP contribution in [0.4, 0.5) is 23.5 Å². The monoisotopic (exact) mass is 479 g/mol. The highest BCUT2D eigenvalue weighted by Crippen LogP contribution is 2.34. The Hall–Kier alpha value is -3.52. The number of H-pyrrole nitrogens is 1. The number of aromatic nitrogens is 2. The highest BCUT2D eigenvalue weighted by Gasteiger charge is 2.35. The summed E-state index contributed by atoms with van der Waals surface area (Å²) in [7, 11) is 0. The van der Waals surface area contributed by atoms with Gasteiger partial charge in [0.25, 0.3) is 5.56 Å². The van der Waals surface area contributed by atoms with Gasteiger partial charge in [0, 0.05) is 15.6 Å². The molecule has 2 N–H and O–H groups in total. The van der Waals surface area contributed by atoms with Crippen LogP contribution in [0.15, 0.2) is 56.8 Å². The summed E-state index contributed by atoms with van der Waals surface area (Å²) in [4.78, 5) is 18.6. The first-order valence-electron chi connectivity index (χ1n) is 8.16. The van der Waals surface area contributed by atoms with Crippen LogP contribution in [0.1, 0.15) is 16.7 Å². The number of alkyl halides is 3. The van der Waals surface area contributed by atoms with E-state index < -0.39 is 28.7 Å². The van der Waals surface area contributed by atoms with Crippen LogP contribution in [-0.4, -0.2) is 16.2 Å². The van der Waals surface area contributed by atoms with Crippen molar-refractivity contribution < 1.29 is 17.6 Å². The summed E-state index contributed by atoms with van der Waals surface area (Å²) in [6, 6.07) is 11.8. The molecule has 0 bridgehead atoms. The molecule has 0 spiro atoms. The largest absolute Gasteiger partial charge is 0.419 e. The van der Waals surface area contributed by atoms with Crippen LogP contribution in [0.3, 0.4) is 0 Å². The normalized spacial score (nSPS) is 11.5. The van der Waals surface area contributed by atoms with Crippen LogP contribution in [-0.2, 0) is 6.18 Å². The van der Waals surface area contributed by atoms with Crippen molar-refractivity contribution in [2.24, 2.45) is 5.10 Å². The van der Waals surface area contributed by atoms with Crippen molar-refractivity contribution in [3.8, 4) is 17.3 Å². The molecule has 0 saturated carbocycles. The number of nitrogens with zero attached hydrogens (tertiary/aromatic N) is 3. The van der Waals surface area contributed by atoms with Gasteiger partial charge < -0.3 is 0 Å². The van der Waals surface area contributed by atoms with Crippen molar-refractivity contribution in [3.05, 3.63) is 79.8 Å². The first-order chi connectivity index (χ1) is 14.2. The molecule has 0 amide bonds. The fourth-order valence-corrected chi connectivity index (χ4v) is 2.91. The number of anilines is 1. The second-order valence-corrected chi connectivity index (χ2v) is 6.66. The molecule has 0 fully saturated rings. The molecule has 0 saturated heterocycles. The minimum Gasteiger partial charge on any atom is -0.290 e. The van der Waals surface area contributed by atoms with E-state index in [-0.39, 0.29) is 21.7 Å². The Labute approximate surface area is 175 Å². The zero-order chi connectivity index (χ0) is 21.9. The third-order valence-electron chi connectivity index (χ3n) is 3.87. The van der Waals surface area contributed by atoms with Gasteiger partial charge in [0.1, 0.15) is 17.4 Å². The number of benzene rings is 2. The summed E-state index contributed by atoms with van der Waals surface area (Å²) in [5.41, 5.74) is 0.0713. The van der Waals surface area contributed by atoms with Crippen LogP contribution in [0.5, 0.6) is 0 Å². The Morgan fingerprint density at radius 1 is 1.20 bits per heavy atom. The zero-order valence-electron chi connectivity index (χ0n) is 14.8. The Bertz CT molecular complexity index is 1220. The molecule has 3 rings (SSSR count). The van der Waals surface area contributed by atoms with Crippen molar-refractivity contribution in [1.29, 1.82) is 5.26 Å². The van der Waals surface area contributed by atoms with Crippen molar-refractivity contribution in [3.63, 3.8) is 0 Å². The van der Waals surface area contributed by atoms with E-state index in [9.17, 15) is 27.6 Å². The van der Waals surface area contributed by atoms with Gasteiger partial charge in [-0.3, -0.25) is 9.78 Å². The van der Waals surface area contributed by atoms with Gasteiger partial charge >= 0.3 is 6.18 Å². The Morgan fingerprint density at radius 2 is 1.90 bits per heavy atom. The topological polar surface area (TPSA) is 93.9 Å². The fraction of sp³-hybridized carbons (Fsp3) is 0.0526. The molecule has 0 radical (unpaired) electrons. The van der Waals surface area contributed by atoms with Gasteiger partial charge in [0.15, 0.2) is 0 Å². The third-order valence-corrected chi connectivity index (χ3v) is 4.57. The van der Waals surface area contributed by atoms with Gasteiger partial charge in [-0.25, -0.2) is 14.8 Å². The molecule has 0 aliphatic rings. The predicted octanol–water partition coefficient (Wildman–Crippen LogP) is 4.67. The number of hydrogen-bond acceptors (Lipinski definition) is 5. The molecule has 1 heterocycles. The predicted molar refractivity (Wildman–Crippen MR) is 105 cm³/mol. The maximum atomic E-state index is 14.2. The lowest BCUT2D eigenvalue weighted by Crippen LogP contribution is -2.16. The standard InChI is InChI=1S/C19H10BrF4N5O/c20-14-7-6-13(19(22,23)24)15(21)12(14)9-26-29-18-27-16(10-4-2-1-3-5-10)11(8-25)17(30)28-18/h1-7,9H,(H2,27,28,29,30). The SMILES string of the molecule is N#Cc1c(-c2ccccc2)nc(NN=Cc2c(Br)ccc(C(F)(F)F)c2F)[nH]c1=O. The maximum absolute atomic E-state index is 14.2. The fourth-order valence-electron chi connectivity index (χ4n) is 2.50. The van der Waals surface area contributed by atoms with E-state index in [1.54, 1.807) is 36.4 Å². The van der Waals surface area contributed by atoms with Gasteiger partial charge in [-0.1, -0.05) is 46.3 Å². The number of aromatic amines is 1. The Kier molecular flexibility index (Phi) is 5.98. The smallest absolute Gasteiger partial charge is 0.290 e.